The summed E-state index contributed by atoms with van der Waals surface area (Å²) in [6.45, 7) is 2.44. The molecule has 25 heavy (non-hydrogen) atoms. The maximum absolute atomic E-state index is 12.2. The van der Waals surface area contributed by atoms with Crippen LogP contribution >= 0.6 is 11.6 Å². The number of amides is 1. The fourth-order valence-corrected chi connectivity index (χ4v) is 2.48. The Balaban J connectivity index is 1.63. The summed E-state index contributed by atoms with van der Waals surface area (Å²) in [5.74, 6) is 0.0692. The van der Waals surface area contributed by atoms with Gasteiger partial charge in [-0.05, 0) is 31.2 Å². The molecule has 2 aromatic rings. The number of carbonyl (C=O) groups excluding carboxylic acids is 2. The second kappa shape index (κ2) is 7.44. The SMILES string of the molecule is C[C@H](OC(=O)c1ccccc1Cl)C(=O)Nc1ccc2c(c1)OCCO2. The van der Waals surface area contributed by atoms with Crippen LogP contribution in [0.1, 0.15) is 17.3 Å². The second-order valence-electron chi connectivity index (χ2n) is 5.38. The van der Waals surface area contributed by atoms with Gasteiger partial charge in [-0.1, -0.05) is 23.7 Å². The van der Waals surface area contributed by atoms with Crippen molar-refractivity contribution in [2.45, 2.75) is 13.0 Å². The van der Waals surface area contributed by atoms with E-state index < -0.39 is 18.0 Å². The Morgan fingerprint density at radius 3 is 2.60 bits per heavy atom. The summed E-state index contributed by atoms with van der Waals surface area (Å²) in [5.41, 5.74) is 0.734. The number of fused-ring (bicyclic) bond motifs is 1. The molecule has 0 fully saturated rings. The van der Waals surface area contributed by atoms with Crippen molar-refractivity contribution in [2.24, 2.45) is 0 Å². The zero-order valence-corrected chi connectivity index (χ0v) is 14.2. The van der Waals surface area contributed by atoms with Gasteiger partial charge in [0.2, 0.25) is 0 Å². The van der Waals surface area contributed by atoms with Crippen LogP contribution in [0.25, 0.3) is 0 Å². The Morgan fingerprint density at radius 2 is 1.84 bits per heavy atom. The van der Waals surface area contributed by atoms with Gasteiger partial charge >= 0.3 is 5.97 Å². The Hall–Kier alpha value is -2.73. The predicted octanol–water partition coefficient (Wildman–Crippen LogP) is 3.30. The third-order valence-corrected chi connectivity index (χ3v) is 3.89. The van der Waals surface area contributed by atoms with E-state index in [1.165, 1.54) is 13.0 Å². The van der Waals surface area contributed by atoms with Gasteiger partial charge in [0.05, 0.1) is 10.6 Å². The number of halogens is 1. The van der Waals surface area contributed by atoms with E-state index in [-0.39, 0.29) is 10.6 Å². The topological polar surface area (TPSA) is 73.9 Å². The standard InChI is InChI=1S/C18H16ClNO5/c1-11(25-18(22)13-4-2-3-5-14(13)19)17(21)20-12-6-7-15-16(10-12)24-9-8-23-15/h2-7,10-11H,8-9H2,1H3,(H,20,21)/t11-/m0/s1. The highest BCUT2D eigenvalue weighted by Crippen LogP contribution is 2.32. The Morgan fingerprint density at radius 1 is 1.12 bits per heavy atom. The maximum Gasteiger partial charge on any atom is 0.340 e. The molecule has 6 nitrogen and oxygen atoms in total. The molecule has 1 amide bonds. The molecule has 130 valence electrons. The Kier molecular flexibility index (Phi) is 5.09. The number of hydrogen-bond donors (Lipinski definition) is 1. The summed E-state index contributed by atoms with van der Waals surface area (Å²) in [4.78, 5) is 24.3. The molecule has 0 radical (unpaired) electrons. The molecule has 7 heteroatoms. The molecule has 1 heterocycles. The van der Waals surface area contributed by atoms with Crippen molar-refractivity contribution in [3.8, 4) is 11.5 Å². The Bertz CT molecular complexity index is 808. The van der Waals surface area contributed by atoms with E-state index in [0.29, 0.717) is 30.4 Å². The lowest BCUT2D eigenvalue weighted by Gasteiger charge is -2.19. The van der Waals surface area contributed by atoms with Crippen LogP contribution in [0.5, 0.6) is 11.5 Å². The summed E-state index contributed by atoms with van der Waals surface area (Å²) in [6, 6.07) is 11.6. The fourth-order valence-electron chi connectivity index (χ4n) is 2.27. The molecule has 1 N–H and O–H groups in total. The quantitative estimate of drug-likeness (QED) is 0.846. The summed E-state index contributed by atoms with van der Waals surface area (Å²) in [7, 11) is 0. The largest absolute Gasteiger partial charge is 0.486 e. The zero-order chi connectivity index (χ0) is 17.8. The highest BCUT2D eigenvalue weighted by Gasteiger charge is 2.21. The summed E-state index contributed by atoms with van der Waals surface area (Å²) < 4.78 is 16.1. The first kappa shape index (κ1) is 17.1. The lowest BCUT2D eigenvalue weighted by molar-refractivity contribution is -0.123. The van der Waals surface area contributed by atoms with E-state index in [1.807, 2.05) is 0 Å². The van der Waals surface area contributed by atoms with E-state index in [4.69, 9.17) is 25.8 Å². The van der Waals surface area contributed by atoms with Crippen molar-refractivity contribution in [1.82, 2.24) is 0 Å². The monoisotopic (exact) mass is 361 g/mol. The molecular weight excluding hydrogens is 346 g/mol. The predicted molar refractivity (Wildman–Crippen MR) is 92.4 cm³/mol. The zero-order valence-electron chi connectivity index (χ0n) is 13.5. The molecule has 1 aliphatic heterocycles. The highest BCUT2D eigenvalue weighted by molar-refractivity contribution is 6.33. The molecule has 1 atom stereocenters. The summed E-state index contributed by atoms with van der Waals surface area (Å²) >= 11 is 5.95. The van der Waals surface area contributed by atoms with Crippen LogP contribution in [-0.2, 0) is 9.53 Å². The first-order valence-electron chi connectivity index (χ1n) is 7.70. The Labute approximate surface area is 149 Å². The fraction of sp³-hybridized carbons (Fsp3) is 0.222. The molecule has 0 unspecified atom stereocenters. The third-order valence-electron chi connectivity index (χ3n) is 3.56. The molecule has 0 spiro atoms. The minimum atomic E-state index is -0.989. The minimum absolute atomic E-state index is 0.211. The van der Waals surface area contributed by atoms with Crippen molar-refractivity contribution in [1.29, 1.82) is 0 Å². The van der Waals surface area contributed by atoms with Crippen molar-refractivity contribution < 1.29 is 23.8 Å². The molecule has 0 saturated heterocycles. The van der Waals surface area contributed by atoms with Crippen LogP contribution in [0.15, 0.2) is 42.5 Å². The van der Waals surface area contributed by atoms with Gasteiger partial charge < -0.3 is 19.5 Å². The highest BCUT2D eigenvalue weighted by atomic mass is 35.5. The minimum Gasteiger partial charge on any atom is -0.486 e. The van der Waals surface area contributed by atoms with Gasteiger partial charge in [-0.3, -0.25) is 4.79 Å². The molecule has 0 aliphatic carbocycles. The van der Waals surface area contributed by atoms with Gasteiger partial charge in [-0.2, -0.15) is 0 Å². The van der Waals surface area contributed by atoms with E-state index in [2.05, 4.69) is 5.32 Å². The van der Waals surface area contributed by atoms with Gasteiger partial charge in [0.25, 0.3) is 5.91 Å². The number of benzene rings is 2. The number of carbonyl (C=O) groups is 2. The second-order valence-corrected chi connectivity index (χ2v) is 5.78. The number of ether oxygens (including phenoxy) is 3. The number of esters is 1. The summed E-state index contributed by atoms with van der Waals surface area (Å²) in [5, 5.41) is 2.95. The van der Waals surface area contributed by atoms with Crippen molar-refractivity contribution in [2.75, 3.05) is 18.5 Å². The molecule has 0 saturated carbocycles. The van der Waals surface area contributed by atoms with Gasteiger partial charge in [-0.25, -0.2) is 4.79 Å². The maximum atomic E-state index is 12.2. The van der Waals surface area contributed by atoms with Crippen LogP contribution in [0.4, 0.5) is 5.69 Å². The van der Waals surface area contributed by atoms with Crippen LogP contribution in [0.3, 0.4) is 0 Å². The van der Waals surface area contributed by atoms with Crippen molar-refractivity contribution in [3.63, 3.8) is 0 Å². The first-order valence-corrected chi connectivity index (χ1v) is 8.08. The molecule has 1 aliphatic rings. The number of anilines is 1. The van der Waals surface area contributed by atoms with Crippen LogP contribution in [0.2, 0.25) is 5.02 Å². The van der Waals surface area contributed by atoms with Crippen LogP contribution < -0.4 is 14.8 Å². The van der Waals surface area contributed by atoms with E-state index in [1.54, 1.807) is 36.4 Å². The van der Waals surface area contributed by atoms with Crippen LogP contribution in [0, 0.1) is 0 Å². The van der Waals surface area contributed by atoms with Gasteiger partial charge in [-0.15, -0.1) is 0 Å². The molecule has 0 bridgehead atoms. The van der Waals surface area contributed by atoms with Crippen molar-refractivity contribution in [3.05, 3.63) is 53.1 Å². The van der Waals surface area contributed by atoms with Gasteiger partial charge in [0.1, 0.15) is 13.2 Å². The number of nitrogens with one attached hydrogen (secondary N) is 1. The average molecular weight is 362 g/mol. The lowest BCUT2D eigenvalue weighted by atomic mass is 10.2. The normalized spacial score (nSPS) is 13.7. The van der Waals surface area contributed by atoms with Crippen molar-refractivity contribution >= 4 is 29.2 Å². The smallest absolute Gasteiger partial charge is 0.340 e. The molecule has 3 rings (SSSR count). The summed E-state index contributed by atoms with van der Waals surface area (Å²) in [6.07, 6.45) is -0.989. The number of hydrogen-bond acceptors (Lipinski definition) is 5. The van der Waals surface area contributed by atoms with Crippen LogP contribution in [-0.4, -0.2) is 31.2 Å². The van der Waals surface area contributed by atoms with E-state index in [9.17, 15) is 9.59 Å². The average Bonchev–Trinajstić information content (AvgIpc) is 2.61. The molecular formula is C18H16ClNO5. The first-order chi connectivity index (χ1) is 12.0. The lowest BCUT2D eigenvalue weighted by Crippen LogP contribution is -2.30. The van der Waals surface area contributed by atoms with E-state index in [0.717, 1.165) is 0 Å². The molecule has 0 aromatic heterocycles. The number of rotatable bonds is 4. The van der Waals surface area contributed by atoms with Gasteiger partial charge in [0.15, 0.2) is 17.6 Å². The van der Waals surface area contributed by atoms with E-state index >= 15 is 0 Å². The molecule has 2 aromatic carbocycles. The van der Waals surface area contributed by atoms with Gasteiger partial charge in [0, 0.05) is 11.8 Å². The third kappa shape index (κ3) is 4.03.